The Morgan fingerprint density at radius 1 is 1.12 bits per heavy atom. The lowest BCUT2D eigenvalue weighted by Gasteiger charge is -2.25. The minimum Gasteiger partial charge on any atom is -0.326 e. The molecule has 7 heteroatoms. The van der Waals surface area contributed by atoms with Crippen molar-refractivity contribution in [1.29, 1.82) is 0 Å². The molecule has 0 bridgehead atoms. The monoisotopic (exact) mass is 362 g/mol. The molecular formula is C17H18N2O3S2. The maximum Gasteiger partial charge on any atom is 0.241 e. The average Bonchev–Trinajstić information content (AvgIpc) is 2.55. The second-order valence-electron chi connectivity index (χ2n) is 5.55. The van der Waals surface area contributed by atoms with Gasteiger partial charge in [-0.05, 0) is 48.1 Å². The Labute approximate surface area is 145 Å². The third-order valence-corrected chi connectivity index (χ3v) is 6.35. The maximum absolute atomic E-state index is 12.6. The van der Waals surface area contributed by atoms with E-state index in [2.05, 4.69) is 10.0 Å². The summed E-state index contributed by atoms with van der Waals surface area (Å²) in [5, 5.41) is 2.62. The van der Waals surface area contributed by atoms with Crippen molar-refractivity contribution in [3.8, 4) is 0 Å². The van der Waals surface area contributed by atoms with E-state index in [0.717, 1.165) is 22.6 Å². The third-order valence-electron chi connectivity index (χ3n) is 3.74. The lowest BCUT2D eigenvalue weighted by molar-refractivity contribution is -0.114. The van der Waals surface area contributed by atoms with Gasteiger partial charge >= 0.3 is 0 Å². The molecule has 0 fully saturated rings. The molecule has 2 N–H and O–H groups in total. The SMILES string of the molecule is CC(=O)Nc1ccc(S(=O)(=O)N[C@@H]2CCSc3ccccc32)cc1. The summed E-state index contributed by atoms with van der Waals surface area (Å²) in [4.78, 5) is 12.3. The number of amides is 1. The predicted octanol–water partition coefficient (Wildman–Crippen LogP) is 3.16. The fourth-order valence-corrected chi connectivity index (χ4v) is 5.02. The van der Waals surface area contributed by atoms with E-state index in [0.29, 0.717) is 5.69 Å². The Balaban J connectivity index is 1.81. The standard InChI is InChI=1S/C17H18N2O3S2/c1-12(20)18-13-6-8-14(9-7-13)24(21,22)19-16-10-11-23-17-5-3-2-4-15(16)17/h2-9,16,19H,10-11H2,1H3,(H,18,20)/t16-/m1/s1. The number of hydrogen-bond acceptors (Lipinski definition) is 4. The van der Waals surface area contributed by atoms with Crippen molar-refractivity contribution in [2.45, 2.75) is 29.2 Å². The largest absolute Gasteiger partial charge is 0.326 e. The highest BCUT2D eigenvalue weighted by atomic mass is 32.2. The van der Waals surface area contributed by atoms with Crippen molar-refractivity contribution in [2.24, 2.45) is 0 Å². The van der Waals surface area contributed by atoms with Crippen molar-refractivity contribution >= 4 is 33.4 Å². The number of carbonyl (C=O) groups excluding carboxylic acids is 1. The maximum atomic E-state index is 12.6. The van der Waals surface area contributed by atoms with E-state index in [4.69, 9.17) is 0 Å². The van der Waals surface area contributed by atoms with E-state index in [1.807, 2.05) is 24.3 Å². The number of fused-ring (bicyclic) bond motifs is 1. The smallest absolute Gasteiger partial charge is 0.241 e. The first-order valence-electron chi connectivity index (χ1n) is 7.57. The van der Waals surface area contributed by atoms with Crippen molar-refractivity contribution in [3.63, 3.8) is 0 Å². The first-order valence-corrected chi connectivity index (χ1v) is 10.0. The quantitative estimate of drug-likeness (QED) is 0.876. The molecule has 5 nitrogen and oxygen atoms in total. The van der Waals surface area contributed by atoms with Crippen LogP contribution < -0.4 is 10.0 Å². The van der Waals surface area contributed by atoms with Gasteiger partial charge in [0, 0.05) is 23.5 Å². The fraction of sp³-hybridized carbons (Fsp3) is 0.235. The zero-order valence-corrected chi connectivity index (χ0v) is 14.8. The number of rotatable bonds is 4. The van der Waals surface area contributed by atoms with Crippen LogP contribution >= 0.6 is 11.8 Å². The van der Waals surface area contributed by atoms with Gasteiger partial charge in [-0.3, -0.25) is 4.79 Å². The second-order valence-corrected chi connectivity index (χ2v) is 8.41. The molecule has 0 aliphatic carbocycles. The van der Waals surface area contributed by atoms with E-state index in [-0.39, 0.29) is 16.8 Å². The van der Waals surface area contributed by atoms with Crippen LogP contribution in [0.1, 0.15) is 24.9 Å². The molecule has 0 aromatic heterocycles. The van der Waals surface area contributed by atoms with Gasteiger partial charge in [-0.2, -0.15) is 0 Å². The summed E-state index contributed by atoms with van der Waals surface area (Å²) in [6.07, 6.45) is 0.755. The summed E-state index contributed by atoms with van der Waals surface area (Å²) in [6.45, 7) is 1.41. The second kappa shape index (κ2) is 6.96. The molecule has 1 aliphatic rings. The molecule has 1 atom stereocenters. The highest BCUT2D eigenvalue weighted by Crippen LogP contribution is 2.36. The minimum absolute atomic E-state index is 0.187. The lowest BCUT2D eigenvalue weighted by Crippen LogP contribution is -2.30. The highest BCUT2D eigenvalue weighted by Gasteiger charge is 2.25. The van der Waals surface area contributed by atoms with Crippen molar-refractivity contribution < 1.29 is 13.2 Å². The molecule has 0 unspecified atom stereocenters. The number of thioether (sulfide) groups is 1. The Morgan fingerprint density at radius 2 is 1.83 bits per heavy atom. The number of benzene rings is 2. The van der Waals surface area contributed by atoms with Crippen LogP contribution in [-0.2, 0) is 14.8 Å². The van der Waals surface area contributed by atoms with E-state index < -0.39 is 10.0 Å². The molecule has 1 heterocycles. The number of anilines is 1. The number of sulfonamides is 1. The highest BCUT2D eigenvalue weighted by molar-refractivity contribution is 7.99. The van der Waals surface area contributed by atoms with Gasteiger partial charge in [-0.1, -0.05) is 18.2 Å². The summed E-state index contributed by atoms with van der Waals surface area (Å²) < 4.78 is 28.1. The van der Waals surface area contributed by atoms with Gasteiger partial charge in [0.05, 0.1) is 4.90 Å². The third kappa shape index (κ3) is 3.80. The first kappa shape index (κ1) is 17.0. The first-order chi connectivity index (χ1) is 11.5. The van der Waals surface area contributed by atoms with Crippen molar-refractivity contribution in [3.05, 3.63) is 54.1 Å². The van der Waals surface area contributed by atoms with Crippen LogP contribution in [0, 0.1) is 0 Å². The lowest BCUT2D eigenvalue weighted by atomic mass is 10.1. The molecule has 126 valence electrons. The average molecular weight is 362 g/mol. The van der Waals surface area contributed by atoms with E-state index >= 15 is 0 Å². The van der Waals surface area contributed by atoms with Crippen LogP contribution in [0.15, 0.2) is 58.3 Å². The predicted molar refractivity (Wildman–Crippen MR) is 95.6 cm³/mol. The van der Waals surface area contributed by atoms with Crippen LogP contribution in [-0.4, -0.2) is 20.1 Å². The molecule has 3 rings (SSSR count). The summed E-state index contributed by atoms with van der Waals surface area (Å²) in [7, 11) is -3.62. The molecule has 1 aliphatic heterocycles. The van der Waals surface area contributed by atoms with Gasteiger partial charge in [0.1, 0.15) is 0 Å². The normalized spacial score (nSPS) is 17.1. The van der Waals surface area contributed by atoms with Gasteiger partial charge in [0.2, 0.25) is 15.9 Å². The molecule has 0 saturated carbocycles. The summed E-state index contributed by atoms with van der Waals surface area (Å²) in [6, 6.07) is 13.8. The molecule has 0 spiro atoms. The van der Waals surface area contributed by atoms with Crippen LogP contribution in [0.4, 0.5) is 5.69 Å². The summed E-state index contributed by atoms with van der Waals surface area (Å²) in [5.41, 5.74) is 1.59. The zero-order chi connectivity index (χ0) is 17.2. The number of nitrogens with one attached hydrogen (secondary N) is 2. The number of hydrogen-bond donors (Lipinski definition) is 2. The summed E-state index contributed by atoms with van der Waals surface area (Å²) >= 11 is 1.75. The molecule has 0 saturated heterocycles. The molecular weight excluding hydrogens is 344 g/mol. The Bertz CT molecular complexity index is 848. The number of carbonyl (C=O) groups is 1. The Kier molecular flexibility index (Phi) is 4.93. The molecule has 24 heavy (non-hydrogen) atoms. The van der Waals surface area contributed by atoms with Crippen LogP contribution in [0.3, 0.4) is 0 Å². The van der Waals surface area contributed by atoms with Crippen LogP contribution in [0.5, 0.6) is 0 Å². The minimum atomic E-state index is -3.62. The van der Waals surface area contributed by atoms with Gasteiger partial charge in [0.15, 0.2) is 0 Å². The van der Waals surface area contributed by atoms with Crippen LogP contribution in [0.2, 0.25) is 0 Å². The Morgan fingerprint density at radius 3 is 2.54 bits per heavy atom. The van der Waals surface area contributed by atoms with Crippen LogP contribution in [0.25, 0.3) is 0 Å². The zero-order valence-electron chi connectivity index (χ0n) is 13.2. The Hall–Kier alpha value is -1.83. The van der Waals surface area contributed by atoms with Gasteiger partial charge < -0.3 is 5.32 Å². The van der Waals surface area contributed by atoms with Crippen molar-refractivity contribution in [2.75, 3.05) is 11.1 Å². The molecule has 2 aromatic carbocycles. The molecule has 2 aromatic rings. The molecule has 0 radical (unpaired) electrons. The fourth-order valence-electron chi connectivity index (χ4n) is 2.64. The summed E-state index contributed by atoms with van der Waals surface area (Å²) in [5.74, 6) is 0.686. The van der Waals surface area contributed by atoms with Gasteiger partial charge in [-0.15, -0.1) is 11.8 Å². The van der Waals surface area contributed by atoms with Crippen molar-refractivity contribution in [1.82, 2.24) is 4.72 Å². The van der Waals surface area contributed by atoms with Gasteiger partial charge in [-0.25, -0.2) is 13.1 Å². The van der Waals surface area contributed by atoms with E-state index in [1.54, 1.807) is 23.9 Å². The van der Waals surface area contributed by atoms with E-state index in [9.17, 15) is 13.2 Å². The topological polar surface area (TPSA) is 75.3 Å². The molecule has 1 amide bonds. The van der Waals surface area contributed by atoms with Gasteiger partial charge in [0.25, 0.3) is 0 Å². The van der Waals surface area contributed by atoms with E-state index in [1.165, 1.54) is 19.1 Å².